The van der Waals surface area contributed by atoms with Crippen LogP contribution in [0.1, 0.15) is 52.9 Å². The summed E-state index contributed by atoms with van der Waals surface area (Å²) in [5.41, 5.74) is -0.479. The fraction of sp³-hybridized carbons (Fsp3) is 0.882. The van der Waals surface area contributed by atoms with Crippen molar-refractivity contribution in [2.75, 3.05) is 6.61 Å². The monoisotopic (exact) mass is 294 g/mol. The molecule has 118 valence electrons. The third kappa shape index (κ3) is 2.47. The number of ether oxygens (including phenoxy) is 2. The lowest BCUT2D eigenvalue weighted by atomic mass is 9.82. The summed E-state index contributed by atoms with van der Waals surface area (Å²) < 4.78 is 11.1. The van der Waals surface area contributed by atoms with E-state index in [1.54, 1.807) is 0 Å². The molecule has 0 aromatic carbocycles. The molecule has 2 bridgehead atoms. The molecule has 21 heavy (non-hydrogen) atoms. The van der Waals surface area contributed by atoms with Crippen molar-refractivity contribution in [1.29, 1.82) is 0 Å². The molecule has 0 amide bonds. The van der Waals surface area contributed by atoms with E-state index in [0.717, 1.165) is 12.8 Å². The average molecular weight is 294 g/mol. The molecule has 2 saturated carbocycles. The van der Waals surface area contributed by atoms with E-state index < -0.39 is 5.41 Å². The molecule has 4 heteroatoms. The van der Waals surface area contributed by atoms with Crippen molar-refractivity contribution in [1.82, 2.24) is 0 Å². The number of fused-ring (bicyclic) bond motifs is 5. The van der Waals surface area contributed by atoms with E-state index in [4.69, 9.17) is 9.47 Å². The normalized spacial score (nSPS) is 38.0. The number of carbonyl (C=O) groups is 2. The van der Waals surface area contributed by atoms with Crippen LogP contribution in [0.4, 0.5) is 0 Å². The Morgan fingerprint density at radius 1 is 1.29 bits per heavy atom. The molecular weight excluding hydrogens is 268 g/mol. The Morgan fingerprint density at radius 2 is 2.00 bits per heavy atom. The van der Waals surface area contributed by atoms with Gasteiger partial charge in [0.05, 0.1) is 11.3 Å². The van der Waals surface area contributed by atoms with Gasteiger partial charge in [-0.15, -0.1) is 0 Å². The van der Waals surface area contributed by atoms with Crippen LogP contribution >= 0.6 is 0 Å². The summed E-state index contributed by atoms with van der Waals surface area (Å²) in [7, 11) is 0. The summed E-state index contributed by atoms with van der Waals surface area (Å²) in [5.74, 6) is 0.928. The van der Waals surface area contributed by atoms with E-state index in [-0.39, 0.29) is 30.6 Å². The van der Waals surface area contributed by atoms with Gasteiger partial charge >= 0.3 is 11.9 Å². The first-order valence-electron chi connectivity index (χ1n) is 8.31. The van der Waals surface area contributed by atoms with Gasteiger partial charge in [-0.1, -0.05) is 13.3 Å². The second-order valence-corrected chi connectivity index (χ2v) is 7.58. The van der Waals surface area contributed by atoms with E-state index in [2.05, 4.69) is 0 Å². The predicted octanol–water partition coefficient (Wildman–Crippen LogP) is 2.94. The topological polar surface area (TPSA) is 52.6 Å². The van der Waals surface area contributed by atoms with Crippen LogP contribution in [0.15, 0.2) is 0 Å². The summed E-state index contributed by atoms with van der Waals surface area (Å²) in [6.07, 6.45) is 5.48. The second-order valence-electron chi connectivity index (χ2n) is 7.58. The molecule has 3 aliphatic rings. The van der Waals surface area contributed by atoms with E-state index >= 15 is 0 Å². The predicted molar refractivity (Wildman–Crippen MR) is 77.3 cm³/mol. The van der Waals surface area contributed by atoms with Gasteiger partial charge in [-0.25, -0.2) is 0 Å². The lowest BCUT2D eigenvalue weighted by Gasteiger charge is -2.30. The van der Waals surface area contributed by atoms with E-state index in [1.807, 2.05) is 20.8 Å². The van der Waals surface area contributed by atoms with Crippen molar-refractivity contribution >= 4 is 11.9 Å². The third-order valence-corrected chi connectivity index (χ3v) is 6.07. The van der Waals surface area contributed by atoms with Gasteiger partial charge in [0, 0.05) is 0 Å². The van der Waals surface area contributed by atoms with Crippen LogP contribution in [0.2, 0.25) is 0 Å². The summed E-state index contributed by atoms with van der Waals surface area (Å²) in [4.78, 5) is 24.3. The zero-order valence-electron chi connectivity index (χ0n) is 13.3. The van der Waals surface area contributed by atoms with Gasteiger partial charge in [-0.2, -0.15) is 0 Å². The van der Waals surface area contributed by atoms with E-state index in [1.165, 1.54) is 19.3 Å². The van der Waals surface area contributed by atoms with Gasteiger partial charge in [0.25, 0.3) is 0 Å². The third-order valence-electron chi connectivity index (χ3n) is 6.07. The smallest absolute Gasteiger partial charge is 0.312 e. The highest BCUT2D eigenvalue weighted by atomic mass is 16.6. The van der Waals surface area contributed by atoms with Gasteiger partial charge in [0.1, 0.15) is 12.7 Å². The summed E-state index contributed by atoms with van der Waals surface area (Å²) in [5, 5.41) is 0. The minimum absolute atomic E-state index is 0.133. The summed E-state index contributed by atoms with van der Waals surface area (Å²) >= 11 is 0. The fourth-order valence-corrected chi connectivity index (χ4v) is 4.33. The number of carbonyl (C=O) groups excluding carboxylic acids is 2. The van der Waals surface area contributed by atoms with Gasteiger partial charge in [-0.05, 0) is 57.3 Å². The Morgan fingerprint density at radius 3 is 2.71 bits per heavy atom. The lowest BCUT2D eigenvalue weighted by Crippen LogP contribution is -2.38. The van der Waals surface area contributed by atoms with Gasteiger partial charge in [-0.3, -0.25) is 9.59 Å². The van der Waals surface area contributed by atoms with Crippen molar-refractivity contribution in [2.45, 2.75) is 59.0 Å². The summed E-state index contributed by atoms with van der Waals surface area (Å²) in [6.45, 7) is 5.93. The minimum Gasteiger partial charge on any atom is -0.464 e. The first kappa shape index (κ1) is 14.9. The Hall–Kier alpha value is -1.06. The van der Waals surface area contributed by atoms with Gasteiger partial charge in [0.15, 0.2) is 0 Å². The Balaban J connectivity index is 1.65. The summed E-state index contributed by atoms with van der Waals surface area (Å²) in [6, 6.07) is 0. The first-order valence-corrected chi connectivity index (χ1v) is 8.31. The molecule has 5 unspecified atom stereocenters. The van der Waals surface area contributed by atoms with Crippen molar-refractivity contribution < 1.29 is 19.1 Å². The molecule has 0 aromatic rings. The maximum Gasteiger partial charge on any atom is 0.312 e. The van der Waals surface area contributed by atoms with Gasteiger partial charge in [0.2, 0.25) is 0 Å². The fourth-order valence-electron chi connectivity index (χ4n) is 4.33. The minimum atomic E-state index is -0.479. The molecule has 0 spiro atoms. The zero-order valence-corrected chi connectivity index (χ0v) is 13.3. The highest BCUT2D eigenvalue weighted by Gasteiger charge is 2.55. The van der Waals surface area contributed by atoms with E-state index in [0.29, 0.717) is 17.8 Å². The van der Waals surface area contributed by atoms with Crippen LogP contribution in [0.25, 0.3) is 0 Å². The van der Waals surface area contributed by atoms with Crippen molar-refractivity contribution in [3.8, 4) is 0 Å². The molecule has 3 rings (SSSR count). The highest BCUT2D eigenvalue weighted by molar-refractivity contribution is 5.77. The Kier molecular flexibility index (Phi) is 3.74. The highest BCUT2D eigenvalue weighted by Crippen LogP contribution is 2.54. The van der Waals surface area contributed by atoms with Crippen molar-refractivity contribution in [3.05, 3.63) is 0 Å². The van der Waals surface area contributed by atoms with Crippen LogP contribution < -0.4 is 0 Å². The number of hydrogen-bond acceptors (Lipinski definition) is 4. The molecular formula is C17H26O4. The maximum absolute atomic E-state index is 12.2. The molecule has 4 nitrogen and oxygen atoms in total. The van der Waals surface area contributed by atoms with Gasteiger partial charge < -0.3 is 9.47 Å². The lowest BCUT2D eigenvalue weighted by molar-refractivity contribution is -0.170. The number of hydrogen-bond donors (Lipinski definition) is 0. The van der Waals surface area contributed by atoms with Crippen LogP contribution in [0.3, 0.4) is 0 Å². The van der Waals surface area contributed by atoms with Crippen LogP contribution in [-0.4, -0.2) is 24.6 Å². The average Bonchev–Trinajstić information content (AvgIpc) is 3.02. The zero-order chi connectivity index (χ0) is 15.2. The maximum atomic E-state index is 12.2. The largest absolute Gasteiger partial charge is 0.464 e. The quantitative estimate of drug-likeness (QED) is 0.748. The van der Waals surface area contributed by atoms with Crippen molar-refractivity contribution in [3.63, 3.8) is 0 Å². The number of rotatable bonds is 4. The standard InChI is InChI=1S/C17H26O4/c1-4-17(2,3)16(19)20-9-13-12-8-14(21-15(13)18)11-7-5-6-10(11)12/h10-14H,4-9H2,1-3H3. The Bertz CT molecular complexity index is 442. The van der Waals surface area contributed by atoms with Crippen LogP contribution in [-0.2, 0) is 19.1 Å². The molecule has 0 N–H and O–H groups in total. The van der Waals surface area contributed by atoms with E-state index in [9.17, 15) is 9.59 Å². The molecule has 0 radical (unpaired) electrons. The molecule has 5 atom stereocenters. The molecule has 1 saturated heterocycles. The SMILES string of the molecule is CCC(C)(C)C(=O)OCC1C(=O)OC2CC1C1CCCC21. The Labute approximate surface area is 126 Å². The molecule has 3 fully saturated rings. The molecule has 2 aliphatic carbocycles. The van der Waals surface area contributed by atoms with Crippen molar-refractivity contribution in [2.24, 2.45) is 29.1 Å². The first-order chi connectivity index (χ1) is 9.94. The number of esters is 2. The van der Waals surface area contributed by atoms with Crippen LogP contribution in [0.5, 0.6) is 0 Å². The molecule has 1 aliphatic heterocycles. The second kappa shape index (κ2) is 5.29. The molecule has 0 aromatic heterocycles. The van der Waals surface area contributed by atoms with Crippen LogP contribution in [0, 0.1) is 29.1 Å². The molecule has 1 heterocycles.